The van der Waals surface area contributed by atoms with Crippen molar-refractivity contribution in [2.45, 2.75) is 0 Å². The summed E-state index contributed by atoms with van der Waals surface area (Å²) in [4.78, 5) is 30.2. The minimum atomic E-state index is -0.588. The van der Waals surface area contributed by atoms with Gasteiger partial charge in [-0.2, -0.15) is 9.78 Å². The smallest absolute Gasteiger partial charge is 0.282 e. The Labute approximate surface area is 232 Å². The number of fused-ring (bicyclic) bond motifs is 1. The zero-order valence-corrected chi connectivity index (χ0v) is 21.7. The molecule has 1 amide bonds. The second kappa shape index (κ2) is 11.5. The fourth-order valence-electron chi connectivity index (χ4n) is 3.81. The molecule has 0 aliphatic rings. The molecule has 0 atom stereocenters. The van der Waals surface area contributed by atoms with Gasteiger partial charge in [-0.25, -0.2) is 9.37 Å². The van der Waals surface area contributed by atoms with Crippen LogP contribution < -0.4 is 15.6 Å². The highest BCUT2D eigenvalue weighted by Crippen LogP contribution is 2.34. The first-order valence-corrected chi connectivity index (χ1v) is 12.4. The average Bonchev–Trinajstić information content (AvgIpc) is 2.94. The van der Waals surface area contributed by atoms with Crippen molar-refractivity contribution in [2.24, 2.45) is 5.10 Å². The number of amides is 1. The molecule has 0 aliphatic carbocycles. The van der Waals surface area contributed by atoms with Crippen LogP contribution in [0.4, 0.5) is 10.1 Å². The van der Waals surface area contributed by atoms with Gasteiger partial charge in [0.2, 0.25) is 0 Å². The molecule has 0 spiro atoms. The number of anilines is 1. The van der Waals surface area contributed by atoms with Crippen LogP contribution in [0.5, 0.6) is 5.75 Å². The van der Waals surface area contributed by atoms with E-state index in [0.29, 0.717) is 27.9 Å². The van der Waals surface area contributed by atoms with Crippen molar-refractivity contribution < 1.29 is 13.9 Å². The molecule has 1 N–H and O–H groups in total. The molecular weight excluding hydrogens is 542 g/mol. The van der Waals surface area contributed by atoms with Crippen molar-refractivity contribution in [1.29, 1.82) is 0 Å². The van der Waals surface area contributed by atoms with Gasteiger partial charge in [0.15, 0.2) is 18.2 Å². The summed E-state index contributed by atoms with van der Waals surface area (Å²) in [6.07, 6.45) is 1.43. The lowest BCUT2D eigenvalue weighted by atomic mass is 10.2. The number of nitrogens with zero attached hydrogens (tertiary/aromatic N) is 3. The number of nitrogens with one attached hydrogen (secondary N) is 1. The van der Waals surface area contributed by atoms with E-state index in [2.05, 4.69) is 15.4 Å². The Morgan fingerprint density at radius 2 is 1.64 bits per heavy atom. The first-order valence-electron chi connectivity index (χ1n) is 11.7. The predicted molar refractivity (Wildman–Crippen MR) is 151 cm³/mol. The number of hydrogen-bond acceptors (Lipinski definition) is 5. The summed E-state index contributed by atoms with van der Waals surface area (Å²) in [5.74, 6) is -0.710. The molecule has 0 unspecified atom stereocenters. The van der Waals surface area contributed by atoms with Gasteiger partial charge in [0, 0.05) is 5.56 Å². The molecule has 0 saturated heterocycles. The van der Waals surface area contributed by atoms with Crippen LogP contribution in [-0.2, 0) is 4.79 Å². The third-order valence-electron chi connectivity index (χ3n) is 5.62. The Bertz CT molecular complexity index is 1750. The number of ether oxygens (including phenoxy) is 1. The molecule has 5 aromatic rings. The first-order chi connectivity index (χ1) is 18.9. The van der Waals surface area contributed by atoms with Crippen molar-refractivity contribution >= 4 is 51.9 Å². The van der Waals surface area contributed by atoms with Crippen LogP contribution in [0.1, 0.15) is 5.56 Å². The lowest BCUT2D eigenvalue weighted by Crippen LogP contribution is -2.21. The molecule has 39 heavy (non-hydrogen) atoms. The minimum Gasteiger partial charge on any atom is -0.481 e. The lowest BCUT2D eigenvalue weighted by Gasteiger charge is -2.12. The lowest BCUT2D eigenvalue weighted by molar-refractivity contribution is -0.118. The zero-order chi connectivity index (χ0) is 27.4. The van der Waals surface area contributed by atoms with E-state index in [1.165, 1.54) is 41.2 Å². The highest BCUT2D eigenvalue weighted by molar-refractivity contribution is 6.37. The molecule has 1 heterocycles. The van der Waals surface area contributed by atoms with E-state index in [0.717, 1.165) is 0 Å². The Morgan fingerprint density at radius 1 is 0.974 bits per heavy atom. The van der Waals surface area contributed by atoms with Crippen molar-refractivity contribution in [1.82, 2.24) is 9.66 Å². The van der Waals surface area contributed by atoms with Gasteiger partial charge in [-0.05, 0) is 42.0 Å². The molecule has 7 nitrogen and oxygen atoms in total. The van der Waals surface area contributed by atoms with E-state index in [-0.39, 0.29) is 27.0 Å². The molecule has 0 fully saturated rings. The van der Waals surface area contributed by atoms with E-state index < -0.39 is 18.3 Å². The van der Waals surface area contributed by atoms with Gasteiger partial charge in [0.25, 0.3) is 11.5 Å². The van der Waals surface area contributed by atoms with E-state index in [9.17, 15) is 14.0 Å². The highest BCUT2D eigenvalue weighted by Gasteiger charge is 2.14. The predicted octanol–water partition coefficient (Wildman–Crippen LogP) is 6.41. The second-order valence-corrected chi connectivity index (χ2v) is 9.12. The Kier molecular flexibility index (Phi) is 7.67. The molecule has 194 valence electrons. The number of hydrogen-bond donors (Lipinski definition) is 1. The van der Waals surface area contributed by atoms with Crippen LogP contribution in [0.25, 0.3) is 22.3 Å². The normalized spacial score (nSPS) is 11.2. The van der Waals surface area contributed by atoms with Gasteiger partial charge in [-0.15, -0.1) is 0 Å². The van der Waals surface area contributed by atoms with Gasteiger partial charge in [0.05, 0.1) is 32.9 Å². The number of aromatic nitrogens is 2. The third kappa shape index (κ3) is 5.82. The van der Waals surface area contributed by atoms with Crippen molar-refractivity contribution in [3.63, 3.8) is 0 Å². The van der Waals surface area contributed by atoms with E-state index in [4.69, 9.17) is 27.9 Å². The Hall–Kier alpha value is -4.53. The fraction of sp³-hybridized carbons (Fsp3) is 0.0345. The van der Waals surface area contributed by atoms with Crippen LogP contribution in [0.3, 0.4) is 0 Å². The number of benzene rings is 4. The van der Waals surface area contributed by atoms with Gasteiger partial charge in [0.1, 0.15) is 5.82 Å². The maximum atomic E-state index is 13.8. The van der Waals surface area contributed by atoms with Gasteiger partial charge >= 0.3 is 0 Å². The Balaban J connectivity index is 1.40. The van der Waals surface area contributed by atoms with E-state index in [1.807, 2.05) is 36.4 Å². The molecule has 4 aromatic carbocycles. The number of carbonyl (C=O) groups excluding carboxylic acids is 1. The molecule has 0 bridgehead atoms. The quantitative estimate of drug-likeness (QED) is 0.233. The van der Waals surface area contributed by atoms with E-state index in [1.54, 1.807) is 24.3 Å². The molecule has 5 rings (SSSR count). The largest absolute Gasteiger partial charge is 0.481 e. The SMILES string of the molecule is O=C(COc1c(Cl)cc(C=Nn2c(-c3ccccc3)nc3ccccc3c2=O)cc1Cl)Nc1ccccc1F. The van der Waals surface area contributed by atoms with Crippen LogP contribution in [0.2, 0.25) is 10.0 Å². The summed E-state index contributed by atoms with van der Waals surface area (Å²) in [5, 5.41) is 7.48. The molecule has 10 heteroatoms. The molecule has 1 aromatic heterocycles. The monoisotopic (exact) mass is 560 g/mol. The third-order valence-corrected chi connectivity index (χ3v) is 6.19. The topological polar surface area (TPSA) is 85.6 Å². The summed E-state index contributed by atoms with van der Waals surface area (Å²) in [6, 6.07) is 25.1. The van der Waals surface area contributed by atoms with Gasteiger partial charge in [-0.1, -0.05) is 77.8 Å². The number of rotatable bonds is 7. The maximum absolute atomic E-state index is 13.8. The van der Waals surface area contributed by atoms with Gasteiger partial charge in [-0.3, -0.25) is 9.59 Å². The fourth-order valence-corrected chi connectivity index (χ4v) is 4.42. The summed E-state index contributed by atoms with van der Waals surface area (Å²) >= 11 is 12.8. The number of para-hydroxylation sites is 2. The van der Waals surface area contributed by atoms with Crippen LogP contribution >= 0.6 is 23.2 Å². The van der Waals surface area contributed by atoms with Crippen LogP contribution in [-0.4, -0.2) is 28.4 Å². The molecule has 0 aliphatic heterocycles. The number of halogens is 3. The first kappa shape index (κ1) is 26.1. The van der Waals surface area contributed by atoms with E-state index >= 15 is 0 Å². The minimum absolute atomic E-state index is 0.0307. The second-order valence-electron chi connectivity index (χ2n) is 8.31. The highest BCUT2D eigenvalue weighted by atomic mass is 35.5. The number of carbonyl (C=O) groups is 1. The van der Waals surface area contributed by atoms with Crippen LogP contribution in [0, 0.1) is 5.82 Å². The molecular formula is C29H19Cl2FN4O3. The maximum Gasteiger partial charge on any atom is 0.282 e. The zero-order valence-electron chi connectivity index (χ0n) is 20.1. The molecule has 0 saturated carbocycles. The molecule has 0 radical (unpaired) electrons. The summed E-state index contributed by atoms with van der Waals surface area (Å²) in [5.41, 5.74) is 1.44. The average molecular weight is 561 g/mol. The van der Waals surface area contributed by atoms with Crippen molar-refractivity contribution in [2.75, 3.05) is 11.9 Å². The standard InChI is InChI=1S/C29H19Cl2FN4O3/c30-21-14-18(15-22(31)27(21)39-17-26(37)34-25-13-7-5-11-23(25)32)16-33-36-28(19-8-2-1-3-9-19)35-24-12-6-4-10-20(24)29(36)38/h1-16H,17H2,(H,34,37). The Morgan fingerprint density at radius 3 is 2.38 bits per heavy atom. The summed E-state index contributed by atoms with van der Waals surface area (Å²) in [7, 11) is 0. The van der Waals surface area contributed by atoms with Crippen molar-refractivity contribution in [3.8, 4) is 17.1 Å². The summed E-state index contributed by atoms with van der Waals surface area (Å²) < 4.78 is 20.5. The summed E-state index contributed by atoms with van der Waals surface area (Å²) in [6.45, 7) is -0.445. The van der Waals surface area contributed by atoms with Crippen molar-refractivity contribution in [3.05, 3.63) is 123 Å². The van der Waals surface area contributed by atoms with Crippen LogP contribution in [0.15, 0.2) is 101 Å². The van der Waals surface area contributed by atoms with Gasteiger partial charge < -0.3 is 10.1 Å².